The Morgan fingerprint density at radius 3 is 2.59 bits per heavy atom. The minimum absolute atomic E-state index is 0.00474. The van der Waals surface area contributed by atoms with Crippen molar-refractivity contribution in [1.29, 1.82) is 5.26 Å². The zero-order valence-electron chi connectivity index (χ0n) is 17.5. The highest BCUT2D eigenvalue weighted by Gasteiger charge is 2.32. The number of methoxy groups -OCH3 is 1. The van der Waals surface area contributed by atoms with E-state index in [1.807, 2.05) is 12.1 Å². The van der Waals surface area contributed by atoms with Gasteiger partial charge in [0.05, 0.1) is 17.7 Å². The summed E-state index contributed by atoms with van der Waals surface area (Å²) >= 11 is 0. The van der Waals surface area contributed by atoms with Gasteiger partial charge in [-0.3, -0.25) is 9.10 Å². The molecule has 0 bridgehead atoms. The van der Waals surface area contributed by atoms with Gasteiger partial charge in [-0.25, -0.2) is 13.2 Å². The number of para-hydroxylation sites is 1. The first kappa shape index (κ1) is 22.8. The van der Waals surface area contributed by atoms with Crippen molar-refractivity contribution in [3.05, 3.63) is 64.9 Å². The zero-order valence-corrected chi connectivity index (χ0v) is 18.3. The molecule has 2 aromatic carbocycles. The topological polar surface area (TPSA) is 140 Å². The summed E-state index contributed by atoms with van der Waals surface area (Å²) in [4.78, 5) is 24.5. The number of esters is 1. The maximum Gasteiger partial charge on any atom is 0.342 e. The Hall–Kier alpha value is -3.84. The number of allylic oxidation sites excluding steroid dienone is 1. The predicted octanol–water partition coefficient (Wildman–Crippen LogP) is 1.93. The Morgan fingerprint density at radius 1 is 1.22 bits per heavy atom. The van der Waals surface area contributed by atoms with E-state index in [9.17, 15) is 18.0 Å². The van der Waals surface area contributed by atoms with Gasteiger partial charge in [0.25, 0.3) is 10.0 Å². The first-order chi connectivity index (χ1) is 15.2. The maximum atomic E-state index is 13.3. The average Bonchev–Trinajstić information content (AvgIpc) is 3.22. The average molecular weight is 455 g/mol. The Balaban J connectivity index is 1.89. The lowest BCUT2D eigenvalue weighted by molar-refractivity contribution is -0.118. The van der Waals surface area contributed by atoms with Gasteiger partial charge in [-0.1, -0.05) is 18.2 Å². The summed E-state index contributed by atoms with van der Waals surface area (Å²) in [6.07, 6.45) is 0.581. The fourth-order valence-corrected chi connectivity index (χ4v) is 4.87. The number of carbonyl (C=O) groups is 2. The van der Waals surface area contributed by atoms with Crippen molar-refractivity contribution in [2.24, 2.45) is 5.73 Å². The number of rotatable bonds is 7. The monoisotopic (exact) mass is 455 g/mol. The number of sulfonamides is 1. The maximum absolute atomic E-state index is 13.3. The first-order valence-electron chi connectivity index (χ1n) is 9.56. The summed E-state index contributed by atoms with van der Waals surface area (Å²) in [5.41, 5.74) is 6.51. The van der Waals surface area contributed by atoms with Gasteiger partial charge in [-0.2, -0.15) is 5.26 Å². The van der Waals surface area contributed by atoms with Crippen LogP contribution < -0.4 is 14.8 Å². The molecule has 0 unspecified atom stereocenters. The van der Waals surface area contributed by atoms with E-state index in [1.54, 1.807) is 18.2 Å². The molecule has 2 aromatic rings. The van der Waals surface area contributed by atoms with Crippen LogP contribution in [0.15, 0.2) is 58.6 Å². The van der Waals surface area contributed by atoms with Gasteiger partial charge in [0.1, 0.15) is 23.0 Å². The third kappa shape index (κ3) is 4.29. The van der Waals surface area contributed by atoms with Crippen LogP contribution in [0.3, 0.4) is 0 Å². The van der Waals surface area contributed by atoms with E-state index in [0.717, 1.165) is 11.6 Å². The molecular weight excluding hydrogens is 434 g/mol. The van der Waals surface area contributed by atoms with Crippen LogP contribution in [-0.2, 0) is 26.0 Å². The second-order valence-corrected chi connectivity index (χ2v) is 8.85. The van der Waals surface area contributed by atoms with Crippen LogP contribution in [0.1, 0.15) is 22.8 Å². The number of Topliss-reactive ketones (excluding diaryl/α,β-unsaturated/α-hetero) is 1. The highest BCUT2D eigenvalue weighted by Crippen LogP contribution is 2.34. The number of ether oxygens (including phenoxy) is 2. The lowest BCUT2D eigenvalue weighted by Crippen LogP contribution is -2.29. The molecular formula is C22H21N3O6S. The highest BCUT2D eigenvalue weighted by atomic mass is 32.2. The van der Waals surface area contributed by atoms with Gasteiger partial charge in [-0.15, -0.1) is 0 Å². The van der Waals surface area contributed by atoms with Crippen LogP contribution >= 0.6 is 0 Å². The van der Waals surface area contributed by atoms with Gasteiger partial charge in [0, 0.05) is 12.2 Å². The van der Waals surface area contributed by atoms with Crippen molar-refractivity contribution in [2.75, 3.05) is 24.6 Å². The summed E-state index contributed by atoms with van der Waals surface area (Å²) < 4.78 is 38.0. The molecule has 0 aliphatic carbocycles. The van der Waals surface area contributed by atoms with Crippen molar-refractivity contribution in [1.82, 2.24) is 0 Å². The molecule has 2 N–H and O–H groups in total. The number of anilines is 1. The molecule has 1 aliphatic heterocycles. The van der Waals surface area contributed by atoms with Crippen molar-refractivity contribution in [3.8, 4) is 11.8 Å². The largest absolute Gasteiger partial charge is 0.496 e. The third-order valence-corrected chi connectivity index (χ3v) is 6.75. The standard InChI is InChI=1S/C22H21N3O6S/c1-14(24)18(12-23)20(26)13-31-22(27)17-11-16(7-8-21(17)30-2)32(28,29)25-10-9-15-5-3-4-6-19(15)25/h3-8,11H,9-10,13,24H2,1-2H3. The van der Waals surface area contributed by atoms with E-state index in [1.165, 1.54) is 30.5 Å². The fourth-order valence-electron chi connectivity index (χ4n) is 3.34. The van der Waals surface area contributed by atoms with Crippen LogP contribution in [0.5, 0.6) is 5.75 Å². The molecule has 9 nitrogen and oxygen atoms in total. The molecule has 10 heteroatoms. The van der Waals surface area contributed by atoms with E-state index >= 15 is 0 Å². The SMILES string of the molecule is COc1ccc(S(=O)(=O)N2CCc3ccccc32)cc1C(=O)OCC(=O)C(C#N)=C(C)N. The summed E-state index contributed by atoms with van der Waals surface area (Å²) in [6, 6.07) is 12.7. The molecule has 166 valence electrons. The molecule has 0 atom stereocenters. The minimum Gasteiger partial charge on any atom is -0.496 e. The Bertz CT molecular complexity index is 1260. The number of nitrogens with zero attached hydrogens (tertiary/aromatic N) is 2. The number of hydrogen-bond donors (Lipinski definition) is 1. The molecule has 0 radical (unpaired) electrons. The summed E-state index contributed by atoms with van der Waals surface area (Å²) in [6.45, 7) is 0.936. The van der Waals surface area contributed by atoms with Crippen molar-refractivity contribution >= 4 is 27.5 Å². The lowest BCUT2D eigenvalue weighted by Gasteiger charge is -2.20. The fraction of sp³-hybridized carbons (Fsp3) is 0.227. The molecule has 0 amide bonds. The van der Waals surface area contributed by atoms with Crippen LogP contribution in [-0.4, -0.2) is 40.4 Å². The molecule has 0 saturated carbocycles. The normalized spacial score (nSPS) is 13.6. The molecule has 0 fully saturated rings. The van der Waals surface area contributed by atoms with E-state index in [0.29, 0.717) is 12.1 Å². The smallest absolute Gasteiger partial charge is 0.342 e. The van der Waals surface area contributed by atoms with Gasteiger partial charge >= 0.3 is 5.97 Å². The summed E-state index contributed by atoms with van der Waals surface area (Å²) in [5, 5.41) is 8.99. The zero-order chi connectivity index (χ0) is 23.5. The van der Waals surface area contributed by atoms with Gasteiger partial charge in [-0.05, 0) is 43.2 Å². The number of nitrogens with two attached hydrogens (primary N) is 1. The minimum atomic E-state index is -3.96. The van der Waals surface area contributed by atoms with Crippen LogP contribution in [0.4, 0.5) is 5.69 Å². The summed E-state index contributed by atoms with van der Waals surface area (Å²) in [5.74, 6) is -1.66. The number of hydrogen-bond acceptors (Lipinski definition) is 8. The first-order valence-corrected chi connectivity index (χ1v) is 11.0. The summed E-state index contributed by atoms with van der Waals surface area (Å²) in [7, 11) is -2.64. The number of carbonyl (C=O) groups excluding carboxylic acids is 2. The predicted molar refractivity (Wildman–Crippen MR) is 115 cm³/mol. The number of fused-ring (bicyclic) bond motifs is 1. The molecule has 0 spiro atoms. The van der Waals surface area contributed by atoms with Crippen molar-refractivity contribution in [2.45, 2.75) is 18.2 Å². The van der Waals surface area contributed by atoms with E-state index in [4.69, 9.17) is 20.5 Å². The Kier molecular flexibility index (Phi) is 6.50. The van der Waals surface area contributed by atoms with Crippen LogP contribution in [0.25, 0.3) is 0 Å². The second-order valence-electron chi connectivity index (χ2n) is 6.99. The van der Waals surface area contributed by atoms with Crippen LogP contribution in [0, 0.1) is 11.3 Å². The Labute approximate surface area is 185 Å². The van der Waals surface area contributed by atoms with E-state index in [2.05, 4.69) is 0 Å². The number of benzene rings is 2. The second kappa shape index (κ2) is 9.11. The Morgan fingerprint density at radius 2 is 1.94 bits per heavy atom. The van der Waals surface area contributed by atoms with Crippen LogP contribution in [0.2, 0.25) is 0 Å². The molecule has 32 heavy (non-hydrogen) atoms. The lowest BCUT2D eigenvalue weighted by atomic mass is 10.1. The van der Waals surface area contributed by atoms with Crippen molar-refractivity contribution in [3.63, 3.8) is 0 Å². The van der Waals surface area contributed by atoms with E-state index < -0.39 is 28.4 Å². The molecule has 1 aliphatic rings. The quantitative estimate of drug-likeness (QED) is 0.379. The molecule has 3 rings (SSSR count). The van der Waals surface area contributed by atoms with E-state index in [-0.39, 0.29) is 34.0 Å². The highest BCUT2D eigenvalue weighted by molar-refractivity contribution is 7.92. The molecule has 1 heterocycles. The van der Waals surface area contributed by atoms with Gasteiger partial charge < -0.3 is 15.2 Å². The van der Waals surface area contributed by atoms with Crippen molar-refractivity contribution < 1.29 is 27.5 Å². The third-order valence-electron chi connectivity index (χ3n) is 4.94. The molecule has 0 aromatic heterocycles. The van der Waals surface area contributed by atoms with Gasteiger partial charge in [0.2, 0.25) is 5.78 Å². The number of ketones is 1. The molecule has 0 saturated heterocycles. The number of nitriles is 1. The van der Waals surface area contributed by atoms with Gasteiger partial charge in [0.15, 0.2) is 6.61 Å².